The van der Waals surface area contributed by atoms with Gasteiger partial charge in [0.15, 0.2) is 0 Å². The van der Waals surface area contributed by atoms with Crippen molar-refractivity contribution in [2.24, 2.45) is 11.7 Å². The maximum absolute atomic E-state index is 11.9. The Labute approximate surface area is 121 Å². The Hall–Kier alpha value is -0.810. The maximum atomic E-state index is 11.9. The van der Waals surface area contributed by atoms with Gasteiger partial charge in [0, 0.05) is 19.6 Å². The van der Waals surface area contributed by atoms with Gasteiger partial charge in [0.2, 0.25) is 11.8 Å². The van der Waals surface area contributed by atoms with Gasteiger partial charge in [-0.2, -0.15) is 0 Å². The van der Waals surface area contributed by atoms with Crippen molar-refractivity contribution in [1.29, 1.82) is 0 Å². The number of amides is 2. The number of rotatable bonds is 5. The summed E-state index contributed by atoms with van der Waals surface area (Å²) in [6.07, 6.45) is 3.81. The lowest BCUT2D eigenvalue weighted by molar-refractivity contribution is -0.136. The number of nitrogens with zero attached hydrogens (tertiary/aromatic N) is 1. The van der Waals surface area contributed by atoms with E-state index in [1.165, 1.54) is 0 Å². The predicted octanol–water partition coefficient (Wildman–Crippen LogP) is 0.910. The van der Waals surface area contributed by atoms with E-state index in [-0.39, 0.29) is 30.1 Å². The molecule has 1 rings (SSSR count). The van der Waals surface area contributed by atoms with Crippen molar-refractivity contribution in [3.05, 3.63) is 0 Å². The minimum Gasteiger partial charge on any atom is -0.356 e. The molecule has 0 aromatic rings. The molecule has 0 aromatic heterocycles. The Kier molecular flexibility index (Phi) is 8.76. The zero-order valence-corrected chi connectivity index (χ0v) is 12.7. The van der Waals surface area contributed by atoms with Crippen molar-refractivity contribution in [3.63, 3.8) is 0 Å². The van der Waals surface area contributed by atoms with Gasteiger partial charge >= 0.3 is 0 Å². The lowest BCUT2D eigenvalue weighted by atomic mass is 9.96. The van der Waals surface area contributed by atoms with Gasteiger partial charge in [-0.3, -0.25) is 9.59 Å². The highest BCUT2D eigenvalue weighted by Crippen LogP contribution is 2.17. The number of nitrogens with one attached hydrogen (secondary N) is 1. The maximum Gasteiger partial charge on any atom is 0.239 e. The molecule has 1 aliphatic rings. The van der Waals surface area contributed by atoms with Crippen LogP contribution < -0.4 is 11.1 Å². The Morgan fingerprint density at radius 3 is 2.74 bits per heavy atom. The van der Waals surface area contributed by atoms with Crippen LogP contribution >= 0.6 is 12.4 Å². The fourth-order valence-electron chi connectivity index (χ4n) is 2.21. The molecule has 0 radical (unpaired) electrons. The van der Waals surface area contributed by atoms with Crippen molar-refractivity contribution >= 4 is 24.2 Å². The first-order valence-corrected chi connectivity index (χ1v) is 6.88. The van der Waals surface area contributed by atoms with Gasteiger partial charge in [-0.25, -0.2) is 0 Å². The molecule has 0 aromatic carbocycles. The summed E-state index contributed by atoms with van der Waals surface area (Å²) in [5, 5.41) is 2.93. The fourth-order valence-corrected chi connectivity index (χ4v) is 2.21. The third-order valence-corrected chi connectivity index (χ3v) is 3.32. The van der Waals surface area contributed by atoms with E-state index in [1.807, 2.05) is 0 Å². The van der Waals surface area contributed by atoms with Crippen molar-refractivity contribution in [1.82, 2.24) is 10.2 Å². The van der Waals surface area contributed by atoms with E-state index < -0.39 is 6.04 Å². The molecule has 0 spiro atoms. The normalized spacial score (nSPS) is 20.4. The van der Waals surface area contributed by atoms with Gasteiger partial charge in [0.05, 0.1) is 12.0 Å². The SMILES string of the molecule is CCCCNC(=O)C1CCCN(C(=O)[C@H](C)N)C1.Cl. The minimum absolute atomic E-state index is 0. The van der Waals surface area contributed by atoms with Crippen LogP contribution in [0.15, 0.2) is 0 Å². The third-order valence-electron chi connectivity index (χ3n) is 3.32. The molecule has 1 heterocycles. The Morgan fingerprint density at radius 2 is 2.16 bits per heavy atom. The van der Waals surface area contributed by atoms with Crippen molar-refractivity contribution in [2.75, 3.05) is 19.6 Å². The number of hydrogen-bond acceptors (Lipinski definition) is 3. The van der Waals surface area contributed by atoms with Crippen LogP contribution in [0.5, 0.6) is 0 Å². The highest BCUT2D eigenvalue weighted by Gasteiger charge is 2.29. The zero-order chi connectivity index (χ0) is 13.5. The largest absolute Gasteiger partial charge is 0.356 e. The molecule has 6 heteroatoms. The Balaban J connectivity index is 0.00000324. The molecule has 1 aliphatic heterocycles. The van der Waals surface area contributed by atoms with Gasteiger partial charge in [0.25, 0.3) is 0 Å². The predicted molar refractivity (Wildman–Crippen MR) is 78.1 cm³/mol. The topological polar surface area (TPSA) is 75.4 Å². The first-order chi connectivity index (χ1) is 8.56. The van der Waals surface area contributed by atoms with Crippen LogP contribution in [0.1, 0.15) is 39.5 Å². The number of carbonyl (C=O) groups excluding carboxylic acids is 2. The summed E-state index contributed by atoms with van der Waals surface area (Å²) in [6, 6.07) is -0.480. The molecule has 5 nitrogen and oxygen atoms in total. The monoisotopic (exact) mass is 291 g/mol. The van der Waals surface area contributed by atoms with Crippen molar-refractivity contribution in [2.45, 2.75) is 45.6 Å². The van der Waals surface area contributed by atoms with E-state index in [9.17, 15) is 9.59 Å². The Morgan fingerprint density at radius 1 is 1.47 bits per heavy atom. The third kappa shape index (κ3) is 5.78. The number of likely N-dealkylation sites (tertiary alicyclic amines) is 1. The van der Waals surface area contributed by atoms with Crippen LogP contribution in [0.25, 0.3) is 0 Å². The number of piperidine rings is 1. The summed E-state index contributed by atoms with van der Waals surface area (Å²) < 4.78 is 0. The number of unbranched alkanes of at least 4 members (excludes halogenated alkanes) is 1. The van der Waals surface area contributed by atoms with Crippen LogP contribution in [0.3, 0.4) is 0 Å². The first-order valence-electron chi connectivity index (χ1n) is 6.88. The quantitative estimate of drug-likeness (QED) is 0.739. The van der Waals surface area contributed by atoms with Gasteiger partial charge in [-0.15, -0.1) is 12.4 Å². The molecule has 19 heavy (non-hydrogen) atoms. The van der Waals surface area contributed by atoms with E-state index in [2.05, 4.69) is 12.2 Å². The van der Waals surface area contributed by atoms with Gasteiger partial charge in [-0.05, 0) is 26.2 Å². The highest BCUT2D eigenvalue weighted by atomic mass is 35.5. The second kappa shape index (κ2) is 9.15. The Bertz CT molecular complexity index is 298. The zero-order valence-electron chi connectivity index (χ0n) is 11.9. The summed E-state index contributed by atoms with van der Waals surface area (Å²) in [5.41, 5.74) is 5.59. The molecular weight excluding hydrogens is 266 g/mol. The standard InChI is InChI=1S/C13H25N3O2.ClH/c1-3-4-7-15-12(17)11-6-5-8-16(9-11)13(18)10(2)14;/h10-11H,3-9,14H2,1-2H3,(H,15,17);1H/t10-,11?;/m0./s1. The number of hydrogen-bond donors (Lipinski definition) is 2. The van der Waals surface area contributed by atoms with Crippen LogP contribution in [0.4, 0.5) is 0 Å². The molecule has 0 bridgehead atoms. The molecule has 1 saturated heterocycles. The van der Waals surface area contributed by atoms with Crippen LogP contribution in [-0.4, -0.2) is 42.4 Å². The van der Waals surface area contributed by atoms with Gasteiger partial charge in [-0.1, -0.05) is 13.3 Å². The molecule has 2 atom stereocenters. The van der Waals surface area contributed by atoms with Crippen LogP contribution in [0.2, 0.25) is 0 Å². The van der Waals surface area contributed by atoms with Crippen molar-refractivity contribution in [3.8, 4) is 0 Å². The number of halogens is 1. The summed E-state index contributed by atoms with van der Waals surface area (Å²) in [4.78, 5) is 25.4. The van der Waals surface area contributed by atoms with Crippen LogP contribution in [-0.2, 0) is 9.59 Å². The second-order valence-corrected chi connectivity index (χ2v) is 5.06. The lowest BCUT2D eigenvalue weighted by Crippen LogP contribution is -2.49. The number of carbonyl (C=O) groups is 2. The molecule has 3 N–H and O–H groups in total. The summed E-state index contributed by atoms with van der Waals surface area (Å²) in [7, 11) is 0. The van der Waals surface area contributed by atoms with Gasteiger partial charge < -0.3 is 16.0 Å². The summed E-state index contributed by atoms with van der Waals surface area (Å²) in [5.74, 6) is -0.0509. The molecule has 2 amide bonds. The highest BCUT2D eigenvalue weighted by molar-refractivity contribution is 5.85. The average molecular weight is 292 g/mol. The molecular formula is C13H26ClN3O2. The molecule has 1 fully saturated rings. The lowest BCUT2D eigenvalue weighted by Gasteiger charge is -2.33. The molecule has 0 aliphatic carbocycles. The van der Waals surface area contributed by atoms with E-state index in [4.69, 9.17) is 5.73 Å². The average Bonchev–Trinajstić information content (AvgIpc) is 2.38. The minimum atomic E-state index is -0.480. The van der Waals surface area contributed by atoms with E-state index in [0.717, 1.165) is 38.8 Å². The summed E-state index contributed by atoms with van der Waals surface area (Å²) in [6.45, 7) is 5.74. The molecule has 1 unspecified atom stereocenters. The second-order valence-electron chi connectivity index (χ2n) is 5.06. The summed E-state index contributed by atoms with van der Waals surface area (Å²) >= 11 is 0. The van der Waals surface area contributed by atoms with Gasteiger partial charge in [0.1, 0.15) is 0 Å². The molecule has 112 valence electrons. The first kappa shape index (κ1) is 18.2. The van der Waals surface area contributed by atoms with E-state index in [0.29, 0.717) is 6.54 Å². The molecule has 0 saturated carbocycles. The van der Waals surface area contributed by atoms with E-state index >= 15 is 0 Å². The number of nitrogens with two attached hydrogens (primary N) is 1. The van der Waals surface area contributed by atoms with E-state index in [1.54, 1.807) is 11.8 Å². The van der Waals surface area contributed by atoms with Crippen molar-refractivity contribution < 1.29 is 9.59 Å². The van der Waals surface area contributed by atoms with Crippen LogP contribution in [0, 0.1) is 5.92 Å². The fraction of sp³-hybridized carbons (Fsp3) is 0.846. The smallest absolute Gasteiger partial charge is 0.239 e.